The van der Waals surface area contributed by atoms with E-state index in [1.54, 1.807) is 6.08 Å². The van der Waals surface area contributed by atoms with Gasteiger partial charge in [-0.3, -0.25) is 0 Å². The first-order valence-electron chi connectivity index (χ1n) is 5.33. The summed E-state index contributed by atoms with van der Waals surface area (Å²) in [5, 5.41) is 1.19. The Hall–Kier alpha value is -1.83. The van der Waals surface area contributed by atoms with Crippen molar-refractivity contribution in [1.82, 2.24) is 4.98 Å². The second-order valence-electron chi connectivity index (χ2n) is 3.85. The number of hydrogen-bond donors (Lipinski definition) is 0. The maximum atomic E-state index is 5.47. The van der Waals surface area contributed by atoms with E-state index in [4.69, 9.17) is 4.74 Å². The Bertz CT molecular complexity index is 531. The van der Waals surface area contributed by atoms with Crippen molar-refractivity contribution >= 4 is 10.9 Å². The molecule has 2 nitrogen and oxygen atoms in total. The highest BCUT2D eigenvalue weighted by atomic mass is 16.5. The van der Waals surface area contributed by atoms with E-state index in [1.807, 2.05) is 6.07 Å². The van der Waals surface area contributed by atoms with Gasteiger partial charge in [-0.1, -0.05) is 30.9 Å². The normalized spacial score (nSPS) is 10.4. The molecule has 16 heavy (non-hydrogen) atoms. The van der Waals surface area contributed by atoms with Crippen LogP contribution in [0.5, 0.6) is 5.88 Å². The van der Waals surface area contributed by atoms with Crippen molar-refractivity contribution < 1.29 is 4.74 Å². The summed E-state index contributed by atoms with van der Waals surface area (Å²) in [7, 11) is 0. The number of ether oxygens (including phenoxy) is 1. The summed E-state index contributed by atoms with van der Waals surface area (Å²) in [5.41, 5.74) is 3.37. The lowest BCUT2D eigenvalue weighted by Crippen LogP contribution is -1.97. The molecule has 0 aliphatic heterocycles. The maximum Gasteiger partial charge on any atom is 0.214 e. The van der Waals surface area contributed by atoms with Gasteiger partial charge in [0.1, 0.15) is 6.61 Å². The Labute approximate surface area is 95.6 Å². The molecule has 2 heteroatoms. The Balaban J connectivity index is 2.56. The summed E-state index contributed by atoms with van der Waals surface area (Å²) in [6, 6.07) is 8.16. The zero-order valence-corrected chi connectivity index (χ0v) is 9.66. The number of hydrogen-bond acceptors (Lipinski definition) is 2. The van der Waals surface area contributed by atoms with Crippen molar-refractivity contribution in [2.24, 2.45) is 0 Å². The molecule has 0 unspecified atom stereocenters. The monoisotopic (exact) mass is 213 g/mol. The molecule has 0 aliphatic rings. The summed E-state index contributed by atoms with van der Waals surface area (Å²) in [4.78, 5) is 4.50. The Morgan fingerprint density at radius 2 is 2.12 bits per heavy atom. The Morgan fingerprint density at radius 3 is 2.88 bits per heavy atom. The average Bonchev–Trinajstić information content (AvgIpc) is 2.28. The molecular formula is C14H15NO. The first-order valence-corrected chi connectivity index (χ1v) is 5.33. The van der Waals surface area contributed by atoms with E-state index in [-0.39, 0.29) is 0 Å². The standard InChI is InChI=1S/C14H15NO/c1-4-8-16-13-9-11(3)12-7-5-6-10(2)14(12)15-13/h4-7,9H,1,8H2,2-3H3. The Kier molecular flexibility index (Phi) is 2.91. The van der Waals surface area contributed by atoms with Crippen molar-refractivity contribution in [3.05, 3.63) is 48.0 Å². The molecule has 0 N–H and O–H groups in total. The molecule has 0 fully saturated rings. The van der Waals surface area contributed by atoms with Gasteiger partial charge in [-0.25, -0.2) is 4.98 Å². The number of rotatable bonds is 3. The van der Waals surface area contributed by atoms with Crippen LogP contribution in [0.3, 0.4) is 0 Å². The number of pyridine rings is 1. The molecule has 0 atom stereocenters. The quantitative estimate of drug-likeness (QED) is 0.729. The minimum absolute atomic E-state index is 0.490. The van der Waals surface area contributed by atoms with Gasteiger partial charge in [0.05, 0.1) is 5.52 Å². The Morgan fingerprint density at radius 1 is 1.31 bits per heavy atom. The molecule has 0 aliphatic carbocycles. The second-order valence-corrected chi connectivity index (χ2v) is 3.85. The number of aryl methyl sites for hydroxylation is 2. The minimum Gasteiger partial charge on any atom is -0.473 e. The first-order chi connectivity index (χ1) is 7.72. The van der Waals surface area contributed by atoms with Crippen LogP contribution >= 0.6 is 0 Å². The molecule has 0 saturated carbocycles. The summed E-state index contributed by atoms with van der Waals surface area (Å²) >= 11 is 0. The smallest absolute Gasteiger partial charge is 0.214 e. The molecule has 0 amide bonds. The van der Waals surface area contributed by atoms with Gasteiger partial charge in [0.15, 0.2) is 0 Å². The molecular weight excluding hydrogens is 198 g/mol. The summed E-state index contributed by atoms with van der Waals surface area (Å²) < 4.78 is 5.47. The highest BCUT2D eigenvalue weighted by molar-refractivity contribution is 5.85. The number of nitrogens with zero attached hydrogens (tertiary/aromatic N) is 1. The topological polar surface area (TPSA) is 22.1 Å². The van der Waals surface area contributed by atoms with E-state index >= 15 is 0 Å². The molecule has 0 radical (unpaired) electrons. The predicted molar refractivity (Wildman–Crippen MR) is 66.9 cm³/mol. The maximum absolute atomic E-state index is 5.47. The fourth-order valence-electron chi connectivity index (χ4n) is 1.75. The van der Waals surface area contributed by atoms with Crippen molar-refractivity contribution in [3.8, 4) is 5.88 Å². The number of fused-ring (bicyclic) bond motifs is 1. The number of benzene rings is 1. The van der Waals surface area contributed by atoms with Gasteiger partial charge in [-0.2, -0.15) is 0 Å². The lowest BCUT2D eigenvalue weighted by atomic mass is 10.1. The van der Waals surface area contributed by atoms with Gasteiger partial charge in [-0.15, -0.1) is 0 Å². The van der Waals surface area contributed by atoms with Gasteiger partial charge >= 0.3 is 0 Å². The molecule has 82 valence electrons. The van der Waals surface area contributed by atoms with Crippen LogP contribution in [0.15, 0.2) is 36.9 Å². The fourth-order valence-corrected chi connectivity index (χ4v) is 1.75. The van der Waals surface area contributed by atoms with Crippen molar-refractivity contribution in [2.75, 3.05) is 6.61 Å². The lowest BCUT2D eigenvalue weighted by molar-refractivity contribution is 0.350. The summed E-state index contributed by atoms with van der Waals surface area (Å²) in [6.45, 7) is 8.25. The lowest BCUT2D eigenvalue weighted by Gasteiger charge is -2.08. The molecule has 0 bridgehead atoms. The van der Waals surface area contributed by atoms with E-state index in [2.05, 4.69) is 43.6 Å². The number of aromatic nitrogens is 1. The number of para-hydroxylation sites is 1. The third kappa shape index (κ3) is 1.91. The van der Waals surface area contributed by atoms with Crippen molar-refractivity contribution in [3.63, 3.8) is 0 Å². The SMILES string of the molecule is C=CCOc1cc(C)c2cccc(C)c2n1. The zero-order valence-electron chi connectivity index (χ0n) is 9.66. The zero-order chi connectivity index (χ0) is 11.5. The van der Waals surface area contributed by atoms with Gasteiger partial charge in [0.25, 0.3) is 0 Å². The molecule has 0 spiro atoms. The van der Waals surface area contributed by atoms with Crippen LogP contribution in [-0.4, -0.2) is 11.6 Å². The summed E-state index contributed by atoms with van der Waals surface area (Å²) in [5.74, 6) is 0.666. The van der Waals surface area contributed by atoms with Crippen LogP contribution < -0.4 is 4.74 Å². The summed E-state index contributed by atoms with van der Waals surface area (Å²) in [6.07, 6.45) is 1.72. The van der Waals surface area contributed by atoms with E-state index in [1.165, 1.54) is 16.5 Å². The third-order valence-electron chi connectivity index (χ3n) is 2.57. The van der Waals surface area contributed by atoms with E-state index in [9.17, 15) is 0 Å². The molecule has 0 saturated heterocycles. The molecule has 1 aromatic heterocycles. The van der Waals surface area contributed by atoms with Gasteiger partial charge < -0.3 is 4.74 Å². The molecule has 1 aromatic carbocycles. The van der Waals surface area contributed by atoms with Crippen LogP contribution in [0.1, 0.15) is 11.1 Å². The first kappa shape index (κ1) is 10.7. The van der Waals surface area contributed by atoms with Crippen LogP contribution in [0.2, 0.25) is 0 Å². The largest absolute Gasteiger partial charge is 0.473 e. The van der Waals surface area contributed by atoms with Crippen LogP contribution in [0.25, 0.3) is 10.9 Å². The molecule has 2 aromatic rings. The van der Waals surface area contributed by atoms with E-state index in [0.717, 1.165) is 5.52 Å². The highest BCUT2D eigenvalue weighted by Crippen LogP contribution is 2.23. The van der Waals surface area contributed by atoms with Gasteiger partial charge in [0.2, 0.25) is 5.88 Å². The average molecular weight is 213 g/mol. The van der Waals surface area contributed by atoms with Crippen LogP contribution in [0.4, 0.5) is 0 Å². The van der Waals surface area contributed by atoms with Crippen molar-refractivity contribution in [2.45, 2.75) is 13.8 Å². The second kappa shape index (κ2) is 4.35. The predicted octanol–water partition coefficient (Wildman–Crippen LogP) is 3.42. The molecule has 1 heterocycles. The third-order valence-corrected chi connectivity index (χ3v) is 2.57. The fraction of sp³-hybridized carbons (Fsp3) is 0.214. The van der Waals surface area contributed by atoms with Crippen LogP contribution in [-0.2, 0) is 0 Å². The van der Waals surface area contributed by atoms with E-state index < -0.39 is 0 Å². The van der Waals surface area contributed by atoms with Gasteiger partial charge in [-0.05, 0) is 25.0 Å². The van der Waals surface area contributed by atoms with Crippen molar-refractivity contribution in [1.29, 1.82) is 0 Å². The highest BCUT2D eigenvalue weighted by Gasteiger charge is 2.04. The molecule has 2 rings (SSSR count). The van der Waals surface area contributed by atoms with Gasteiger partial charge in [0, 0.05) is 11.5 Å². The van der Waals surface area contributed by atoms with Crippen LogP contribution in [0, 0.1) is 13.8 Å². The van der Waals surface area contributed by atoms with E-state index in [0.29, 0.717) is 12.5 Å². The minimum atomic E-state index is 0.490.